The minimum absolute atomic E-state index is 0.591. The number of rotatable bonds is 5. The maximum absolute atomic E-state index is 4.43. The lowest BCUT2D eigenvalue weighted by atomic mass is 9.92. The van der Waals surface area contributed by atoms with Gasteiger partial charge in [-0.15, -0.1) is 0 Å². The Labute approximate surface area is 115 Å². The Hall–Kier alpha value is -0.480. The zero-order valence-electron chi connectivity index (χ0n) is 11.8. The van der Waals surface area contributed by atoms with E-state index in [0.717, 1.165) is 18.0 Å². The van der Waals surface area contributed by atoms with Gasteiger partial charge in [-0.05, 0) is 56.7 Å². The highest BCUT2D eigenvalue weighted by atomic mass is 32.2. The molecular formula is C14H25N3S. The molecule has 0 aliphatic carbocycles. The van der Waals surface area contributed by atoms with Gasteiger partial charge in [-0.2, -0.15) is 16.9 Å². The van der Waals surface area contributed by atoms with Crippen molar-refractivity contribution >= 4 is 11.8 Å². The Morgan fingerprint density at radius 2 is 2.22 bits per heavy atom. The number of nitrogens with one attached hydrogen (secondary N) is 1. The average molecular weight is 267 g/mol. The first kappa shape index (κ1) is 13.9. The van der Waals surface area contributed by atoms with Gasteiger partial charge < -0.3 is 5.32 Å². The van der Waals surface area contributed by atoms with Crippen molar-refractivity contribution in [3.8, 4) is 0 Å². The van der Waals surface area contributed by atoms with E-state index in [0.29, 0.717) is 6.04 Å². The van der Waals surface area contributed by atoms with Crippen molar-refractivity contribution in [2.75, 3.05) is 18.6 Å². The molecule has 0 saturated carbocycles. The van der Waals surface area contributed by atoms with Gasteiger partial charge in [0.1, 0.15) is 0 Å². The summed E-state index contributed by atoms with van der Waals surface area (Å²) >= 11 is 2.11. The van der Waals surface area contributed by atoms with Crippen molar-refractivity contribution in [1.29, 1.82) is 0 Å². The lowest BCUT2D eigenvalue weighted by Gasteiger charge is -2.26. The molecule has 1 fully saturated rings. The van der Waals surface area contributed by atoms with E-state index in [1.807, 2.05) is 11.7 Å². The first-order valence-corrected chi connectivity index (χ1v) is 8.09. The fourth-order valence-corrected chi connectivity index (χ4v) is 4.00. The molecule has 102 valence electrons. The molecule has 1 aliphatic heterocycles. The highest BCUT2D eigenvalue weighted by Gasteiger charge is 2.19. The van der Waals surface area contributed by atoms with Crippen LogP contribution in [0.15, 0.2) is 6.07 Å². The van der Waals surface area contributed by atoms with Gasteiger partial charge in [-0.3, -0.25) is 4.68 Å². The summed E-state index contributed by atoms with van der Waals surface area (Å²) in [5, 5.41) is 7.92. The molecule has 18 heavy (non-hydrogen) atoms. The molecule has 1 aromatic rings. The van der Waals surface area contributed by atoms with Crippen molar-refractivity contribution in [2.45, 2.75) is 38.6 Å². The van der Waals surface area contributed by atoms with Gasteiger partial charge in [0.2, 0.25) is 0 Å². The minimum atomic E-state index is 0.591. The maximum atomic E-state index is 4.43. The normalized spacial score (nSPS) is 19.1. The van der Waals surface area contributed by atoms with Gasteiger partial charge >= 0.3 is 0 Å². The SMILES string of the molecule is CNC(Cc1cc(C)nn1C)CC1CCSCC1. The fraction of sp³-hybridized carbons (Fsp3) is 0.786. The second-order valence-electron chi connectivity index (χ2n) is 5.38. The summed E-state index contributed by atoms with van der Waals surface area (Å²) in [6.07, 6.45) is 5.19. The van der Waals surface area contributed by atoms with E-state index in [4.69, 9.17) is 0 Å². The van der Waals surface area contributed by atoms with Gasteiger partial charge in [0.25, 0.3) is 0 Å². The van der Waals surface area contributed by atoms with Crippen LogP contribution in [0.3, 0.4) is 0 Å². The molecule has 0 bridgehead atoms. The van der Waals surface area contributed by atoms with Gasteiger partial charge in [0.05, 0.1) is 5.69 Å². The zero-order valence-corrected chi connectivity index (χ0v) is 12.6. The summed E-state index contributed by atoms with van der Waals surface area (Å²) in [6.45, 7) is 2.07. The third-order valence-electron chi connectivity index (χ3n) is 3.92. The minimum Gasteiger partial charge on any atom is -0.317 e. The Morgan fingerprint density at radius 1 is 1.50 bits per heavy atom. The van der Waals surface area contributed by atoms with E-state index in [1.54, 1.807) is 0 Å². The summed E-state index contributed by atoms with van der Waals surface area (Å²) < 4.78 is 2.02. The van der Waals surface area contributed by atoms with Gasteiger partial charge in [-0.25, -0.2) is 0 Å². The summed E-state index contributed by atoms with van der Waals surface area (Å²) in [7, 11) is 4.14. The predicted molar refractivity (Wildman–Crippen MR) is 79.2 cm³/mol. The van der Waals surface area contributed by atoms with Crippen LogP contribution in [0.5, 0.6) is 0 Å². The highest BCUT2D eigenvalue weighted by molar-refractivity contribution is 7.99. The Bertz CT molecular complexity index is 369. The smallest absolute Gasteiger partial charge is 0.0596 e. The second kappa shape index (κ2) is 6.62. The molecule has 4 heteroatoms. The third-order valence-corrected chi connectivity index (χ3v) is 4.97. The standard InChI is InChI=1S/C14H25N3S/c1-11-8-14(17(3)16-11)10-13(15-2)9-12-4-6-18-7-5-12/h8,12-13,15H,4-7,9-10H2,1-3H3. The molecule has 0 spiro atoms. The highest BCUT2D eigenvalue weighted by Crippen LogP contribution is 2.27. The summed E-state index contributed by atoms with van der Waals surface area (Å²) in [5.74, 6) is 3.62. The molecule has 2 rings (SSSR count). The van der Waals surface area contributed by atoms with Crippen LogP contribution in [-0.4, -0.2) is 34.4 Å². The second-order valence-corrected chi connectivity index (χ2v) is 6.61. The van der Waals surface area contributed by atoms with Gasteiger partial charge in [0, 0.05) is 25.2 Å². The molecular weight excluding hydrogens is 242 g/mol. The van der Waals surface area contributed by atoms with E-state index in [1.165, 1.54) is 36.5 Å². The van der Waals surface area contributed by atoms with E-state index in [-0.39, 0.29) is 0 Å². The molecule has 1 unspecified atom stereocenters. The van der Waals surface area contributed by atoms with Crippen LogP contribution < -0.4 is 5.32 Å². The first-order valence-electron chi connectivity index (χ1n) is 6.93. The Balaban J connectivity index is 1.90. The summed E-state index contributed by atoms with van der Waals surface area (Å²) in [4.78, 5) is 0. The quantitative estimate of drug-likeness (QED) is 0.888. The van der Waals surface area contributed by atoms with Crippen LogP contribution in [-0.2, 0) is 13.5 Å². The van der Waals surface area contributed by atoms with E-state index in [2.05, 4.69) is 42.2 Å². The molecule has 1 N–H and O–H groups in total. The molecule has 3 nitrogen and oxygen atoms in total. The third kappa shape index (κ3) is 3.75. The molecule has 0 aromatic carbocycles. The molecule has 0 radical (unpaired) electrons. The molecule has 1 aliphatic rings. The zero-order chi connectivity index (χ0) is 13.0. The van der Waals surface area contributed by atoms with Gasteiger partial charge in [-0.1, -0.05) is 0 Å². The molecule has 2 heterocycles. The van der Waals surface area contributed by atoms with Crippen molar-refractivity contribution in [2.24, 2.45) is 13.0 Å². The Kier molecular flexibility index (Phi) is 5.13. The van der Waals surface area contributed by atoms with Crippen molar-refractivity contribution < 1.29 is 0 Å². The van der Waals surface area contributed by atoms with Gasteiger partial charge in [0.15, 0.2) is 0 Å². The Morgan fingerprint density at radius 3 is 2.78 bits per heavy atom. The van der Waals surface area contributed by atoms with E-state index in [9.17, 15) is 0 Å². The number of aromatic nitrogens is 2. The summed E-state index contributed by atoms with van der Waals surface area (Å²) in [5.41, 5.74) is 2.47. The van der Waals surface area contributed by atoms with Crippen molar-refractivity contribution in [1.82, 2.24) is 15.1 Å². The number of hydrogen-bond acceptors (Lipinski definition) is 3. The van der Waals surface area contributed by atoms with Crippen LogP contribution >= 0.6 is 11.8 Å². The first-order chi connectivity index (χ1) is 8.69. The molecule has 0 amide bonds. The molecule has 1 saturated heterocycles. The monoisotopic (exact) mass is 267 g/mol. The average Bonchev–Trinajstić information content (AvgIpc) is 2.68. The number of aryl methyl sites for hydroxylation is 2. The van der Waals surface area contributed by atoms with Crippen LogP contribution in [0.1, 0.15) is 30.7 Å². The lowest BCUT2D eigenvalue weighted by Crippen LogP contribution is -2.31. The van der Waals surface area contributed by atoms with E-state index < -0.39 is 0 Å². The lowest BCUT2D eigenvalue weighted by molar-refractivity contribution is 0.372. The van der Waals surface area contributed by atoms with Crippen molar-refractivity contribution in [3.63, 3.8) is 0 Å². The van der Waals surface area contributed by atoms with E-state index >= 15 is 0 Å². The number of hydrogen-bond donors (Lipinski definition) is 1. The van der Waals surface area contributed by atoms with Crippen molar-refractivity contribution in [3.05, 3.63) is 17.5 Å². The number of nitrogens with zero attached hydrogens (tertiary/aromatic N) is 2. The number of thioether (sulfide) groups is 1. The topological polar surface area (TPSA) is 29.9 Å². The number of likely N-dealkylation sites (N-methyl/N-ethyl adjacent to an activating group) is 1. The van der Waals surface area contributed by atoms with Crippen LogP contribution in [0.4, 0.5) is 0 Å². The van der Waals surface area contributed by atoms with Crippen LogP contribution in [0.25, 0.3) is 0 Å². The molecule has 1 aromatic heterocycles. The fourth-order valence-electron chi connectivity index (χ4n) is 2.80. The summed E-state index contributed by atoms with van der Waals surface area (Å²) in [6, 6.07) is 2.80. The largest absolute Gasteiger partial charge is 0.317 e. The van der Waals surface area contributed by atoms with Crippen LogP contribution in [0.2, 0.25) is 0 Å². The maximum Gasteiger partial charge on any atom is 0.0596 e. The predicted octanol–water partition coefficient (Wildman–Crippen LogP) is 2.39. The van der Waals surface area contributed by atoms with Crippen LogP contribution in [0, 0.1) is 12.8 Å². The molecule has 1 atom stereocenters.